The Kier molecular flexibility index (Phi) is 4.94. The second-order valence-electron chi connectivity index (χ2n) is 9.10. The fourth-order valence-electron chi connectivity index (χ4n) is 6.14. The summed E-state index contributed by atoms with van der Waals surface area (Å²) in [5.41, 5.74) is 1.31. The van der Waals surface area contributed by atoms with Crippen LogP contribution in [0.25, 0.3) is 0 Å². The molecule has 4 saturated carbocycles. The average molecular weight is 413 g/mol. The molecule has 1 heterocycles. The lowest BCUT2D eigenvalue weighted by Crippen LogP contribution is -2.48. The first-order valence-electron chi connectivity index (χ1n) is 10.7. The maximum atomic E-state index is 6.39. The lowest BCUT2D eigenvalue weighted by atomic mass is 9.50. The van der Waals surface area contributed by atoms with E-state index in [1.54, 1.807) is 12.5 Å². The quantitative estimate of drug-likeness (QED) is 0.523. The first kappa shape index (κ1) is 18.9. The van der Waals surface area contributed by atoms with Crippen LogP contribution in [0, 0.1) is 27.9 Å². The number of benzene rings is 1. The van der Waals surface area contributed by atoms with Gasteiger partial charge in [-0.2, -0.15) is 14.9 Å². The molecule has 4 bridgehead atoms. The Labute approximate surface area is 176 Å². The number of ether oxygens (including phenoxy) is 2. The Bertz CT molecular complexity index is 928. The number of rotatable bonds is 7. The Morgan fingerprint density at radius 1 is 1.17 bits per heavy atom. The Hall–Kier alpha value is -2.15. The second kappa shape index (κ2) is 7.59. The van der Waals surface area contributed by atoms with Gasteiger partial charge in [0.2, 0.25) is 4.77 Å². The van der Waals surface area contributed by atoms with Crippen LogP contribution >= 0.6 is 12.2 Å². The lowest BCUT2D eigenvalue weighted by Gasteiger charge is -2.56. The van der Waals surface area contributed by atoms with E-state index in [4.69, 9.17) is 21.7 Å². The fourth-order valence-corrected chi connectivity index (χ4v) is 6.29. The van der Waals surface area contributed by atoms with E-state index >= 15 is 0 Å². The summed E-state index contributed by atoms with van der Waals surface area (Å²) < 4.78 is 14.3. The highest BCUT2D eigenvalue weighted by atomic mass is 32.1. The normalized spacial score (nSPS) is 30.2. The summed E-state index contributed by atoms with van der Waals surface area (Å²) in [6.45, 7) is 3.41. The number of aromatic nitrogens is 3. The van der Waals surface area contributed by atoms with Gasteiger partial charge in [-0.25, -0.2) is 0 Å². The largest absolute Gasteiger partial charge is 0.490 e. The molecule has 6 rings (SSSR count). The van der Waals surface area contributed by atoms with E-state index in [2.05, 4.69) is 15.3 Å². The van der Waals surface area contributed by atoms with Crippen molar-refractivity contribution in [2.24, 2.45) is 28.3 Å². The summed E-state index contributed by atoms with van der Waals surface area (Å²) in [5.74, 6) is 4.41. The molecule has 6 nitrogen and oxygen atoms in total. The van der Waals surface area contributed by atoms with Gasteiger partial charge in [0.05, 0.1) is 19.4 Å². The van der Waals surface area contributed by atoms with Gasteiger partial charge in [0.25, 0.3) is 0 Å². The van der Waals surface area contributed by atoms with E-state index in [1.165, 1.54) is 43.2 Å². The van der Waals surface area contributed by atoms with Crippen LogP contribution in [0.15, 0.2) is 29.6 Å². The Morgan fingerprint density at radius 3 is 2.52 bits per heavy atom. The van der Waals surface area contributed by atoms with Crippen molar-refractivity contribution in [3.8, 4) is 11.5 Å². The van der Waals surface area contributed by atoms with Crippen molar-refractivity contribution in [2.45, 2.75) is 45.4 Å². The molecule has 29 heavy (non-hydrogen) atoms. The number of nitrogens with one attached hydrogen (secondary N) is 1. The number of hydrogen-bond donors (Lipinski definition) is 1. The predicted molar refractivity (Wildman–Crippen MR) is 114 cm³/mol. The maximum Gasteiger partial charge on any atom is 0.216 e. The lowest BCUT2D eigenvalue weighted by molar-refractivity contribution is -0.0748. The van der Waals surface area contributed by atoms with Crippen LogP contribution in [0.3, 0.4) is 0 Å². The molecular formula is C22H28N4O2S. The molecule has 0 radical (unpaired) electrons. The van der Waals surface area contributed by atoms with E-state index < -0.39 is 0 Å². The maximum absolute atomic E-state index is 6.39. The van der Waals surface area contributed by atoms with Crippen LogP contribution in [0.4, 0.5) is 0 Å². The first-order chi connectivity index (χ1) is 14.1. The van der Waals surface area contributed by atoms with Crippen molar-refractivity contribution < 1.29 is 9.47 Å². The summed E-state index contributed by atoms with van der Waals surface area (Å²) in [6.07, 6.45) is 11.7. The molecule has 0 saturated heterocycles. The van der Waals surface area contributed by atoms with Gasteiger partial charge in [-0.05, 0) is 99.2 Å². The number of H-pyrrole nitrogens is 1. The van der Waals surface area contributed by atoms with E-state index in [1.807, 2.05) is 25.1 Å². The molecule has 1 aromatic carbocycles. The Morgan fingerprint density at radius 2 is 1.90 bits per heavy atom. The third-order valence-corrected chi connectivity index (χ3v) is 7.11. The third kappa shape index (κ3) is 3.84. The molecule has 154 valence electrons. The van der Waals surface area contributed by atoms with Gasteiger partial charge >= 0.3 is 0 Å². The van der Waals surface area contributed by atoms with Crippen molar-refractivity contribution in [1.82, 2.24) is 14.9 Å². The third-order valence-electron chi connectivity index (χ3n) is 6.83. The average Bonchev–Trinajstić information content (AvgIpc) is 3.10. The van der Waals surface area contributed by atoms with Gasteiger partial charge < -0.3 is 9.47 Å². The smallest absolute Gasteiger partial charge is 0.216 e. The zero-order valence-electron chi connectivity index (χ0n) is 16.8. The van der Waals surface area contributed by atoms with Gasteiger partial charge in [0, 0.05) is 5.41 Å². The van der Waals surface area contributed by atoms with Crippen molar-refractivity contribution in [3.63, 3.8) is 0 Å². The zero-order chi connectivity index (χ0) is 19.8. The van der Waals surface area contributed by atoms with Crippen molar-refractivity contribution in [1.29, 1.82) is 0 Å². The number of aromatic amines is 1. The summed E-state index contributed by atoms with van der Waals surface area (Å²) in [7, 11) is 0. The van der Waals surface area contributed by atoms with Crippen LogP contribution in [-0.2, 0) is 0 Å². The molecule has 1 aromatic heterocycles. The molecule has 0 spiro atoms. The summed E-state index contributed by atoms with van der Waals surface area (Å²) in [4.78, 5) is 0. The SMILES string of the molecule is CCOc1cc(/C=N\n2cn[nH]c2=S)ccc1OCC12CC3CC(CC(C3)C1)C2. The van der Waals surface area contributed by atoms with Gasteiger partial charge in [0.1, 0.15) is 6.33 Å². The predicted octanol–water partition coefficient (Wildman–Crippen LogP) is 4.82. The minimum atomic E-state index is 0.385. The van der Waals surface area contributed by atoms with Crippen molar-refractivity contribution in [3.05, 3.63) is 34.9 Å². The minimum Gasteiger partial charge on any atom is -0.490 e. The van der Waals surface area contributed by atoms with Gasteiger partial charge in [-0.15, -0.1) is 0 Å². The second-order valence-corrected chi connectivity index (χ2v) is 9.48. The molecular weight excluding hydrogens is 384 g/mol. The molecule has 4 aliphatic carbocycles. The highest BCUT2D eigenvalue weighted by molar-refractivity contribution is 7.71. The zero-order valence-corrected chi connectivity index (χ0v) is 17.7. The number of nitrogens with zero attached hydrogens (tertiary/aromatic N) is 3. The molecule has 0 amide bonds. The van der Waals surface area contributed by atoms with Gasteiger partial charge in [0.15, 0.2) is 11.5 Å². The van der Waals surface area contributed by atoms with E-state index in [0.29, 0.717) is 16.8 Å². The van der Waals surface area contributed by atoms with Crippen LogP contribution in [-0.4, -0.2) is 34.3 Å². The monoisotopic (exact) mass is 412 g/mol. The molecule has 0 unspecified atom stereocenters. The summed E-state index contributed by atoms with van der Waals surface area (Å²) >= 11 is 5.12. The molecule has 4 fully saturated rings. The molecule has 4 aliphatic rings. The fraction of sp³-hybridized carbons (Fsp3) is 0.591. The van der Waals surface area contributed by atoms with Crippen LogP contribution in [0.1, 0.15) is 51.0 Å². The van der Waals surface area contributed by atoms with Crippen molar-refractivity contribution in [2.75, 3.05) is 13.2 Å². The standard InChI is InChI=1S/C22H28N4O2S/c1-2-27-20-8-15(12-24-26-14-23-25-21(26)29)3-4-19(20)28-13-22-9-16-5-17(10-22)7-18(6-16)11-22/h3-4,8,12,14,16-18H,2,5-7,9-11,13H2,1H3,(H,25,29)/b24-12-. The minimum absolute atomic E-state index is 0.385. The summed E-state index contributed by atoms with van der Waals surface area (Å²) in [6, 6.07) is 5.98. The Balaban J connectivity index is 1.31. The first-order valence-corrected chi connectivity index (χ1v) is 11.1. The van der Waals surface area contributed by atoms with E-state index in [0.717, 1.165) is 41.4 Å². The highest BCUT2D eigenvalue weighted by Crippen LogP contribution is 2.60. The molecule has 2 aromatic rings. The molecule has 0 atom stereocenters. The van der Waals surface area contributed by atoms with Crippen LogP contribution < -0.4 is 9.47 Å². The van der Waals surface area contributed by atoms with Crippen molar-refractivity contribution >= 4 is 18.4 Å². The highest BCUT2D eigenvalue weighted by Gasteiger charge is 2.51. The van der Waals surface area contributed by atoms with Crippen LogP contribution in [0.5, 0.6) is 11.5 Å². The summed E-state index contributed by atoms with van der Waals surface area (Å²) in [5, 5.41) is 10.9. The van der Waals surface area contributed by atoms with Crippen LogP contribution in [0.2, 0.25) is 0 Å². The molecule has 0 aliphatic heterocycles. The molecule has 7 heteroatoms. The van der Waals surface area contributed by atoms with E-state index in [9.17, 15) is 0 Å². The number of hydrogen-bond acceptors (Lipinski definition) is 5. The topological polar surface area (TPSA) is 64.4 Å². The van der Waals surface area contributed by atoms with E-state index in [-0.39, 0.29) is 0 Å². The molecule has 1 N–H and O–H groups in total. The van der Waals surface area contributed by atoms with Gasteiger partial charge in [-0.3, -0.25) is 5.10 Å². The van der Waals surface area contributed by atoms with Gasteiger partial charge in [-0.1, -0.05) is 0 Å².